The van der Waals surface area contributed by atoms with Crippen LogP contribution in [0.25, 0.3) is 0 Å². The maximum absolute atomic E-state index is 12.1. The molecule has 0 atom stereocenters. The molecule has 0 aliphatic heterocycles. The monoisotopic (exact) mass is 400 g/mol. The molecule has 29 heavy (non-hydrogen) atoms. The lowest BCUT2D eigenvalue weighted by Gasteiger charge is -2.11. The van der Waals surface area contributed by atoms with E-state index in [2.05, 4.69) is 17.5 Å². The summed E-state index contributed by atoms with van der Waals surface area (Å²) >= 11 is 0. The molecule has 0 fully saturated rings. The summed E-state index contributed by atoms with van der Waals surface area (Å²) in [5.74, 6) is -0.128. The van der Waals surface area contributed by atoms with Crippen molar-refractivity contribution in [2.24, 2.45) is 5.10 Å². The molecule has 2 aromatic rings. The van der Waals surface area contributed by atoms with Gasteiger partial charge in [-0.25, -0.2) is 5.43 Å². The molecule has 0 aromatic heterocycles. The number of nitro benzene ring substituents is 1. The van der Waals surface area contributed by atoms with Crippen LogP contribution < -0.4 is 20.6 Å². The van der Waals surface area contributed by atoms with Gasteiger partial charge in [-0.1, -0.05) is 19.8 Å². The molecule has 3 N–H and O–H groups in total. The summed E-state index contributed by atoms with van der Waals surface area (Å²) in [5.41, 5.74) is 9.03. The number of nitro groups is 1. The largest absolute Gasteiger partial charge is 0.493 e. The van der Waals surface area contributed by atoms with E-state index in [1.165, 1.54) is 19.4 Å². The van der Waals surface area contributed by atoms with E-state index in [1.807, 2.05) is 0 Å². The van der Waals surface area contributed by atoms with Gasteiger partial charge in [-0.2, -0.15) is 5.10 Å². The number of anilines is 1. The highest BCUT2D eigenvalue weighted by Crippen LogP contribution is 2.38. The zero-order valence-electron chi connectivity index (χ0n) is 16.4. The molecule has 2 aromatic carbocycles. The fraction of sp³-hybridized carbons (Fsp3) is 0.300. The van der Waals surface area contributed by atoms with Gasteiger partial charge in [0, 0.05) is 22.9 Å². The number of ether oxygens (including phenoxy) is 2. The van der Waals surface area contributed by atoms with E-state index in [0.717, 1.165) is 19.3 Å². The second-order valence-electron chi connectivity index (χ2n) is 6.21. The predicted molar refractivity (Wildman–Crippen MR) is 111 cm³/mol. The molecule has 1 amide bonds. The lowest BCUT2D eigenvalue weighted by Crippen LogP contribution is -2.17. The normalized spacial score (nSPS) is 10.7. The Morgan fingerprint density at radius 2 is 2.00 bits per heavy atom. The van der Waals surface area contributed by atoms with E-state index in [0.29, 0.717) is 23.4 Å². The highest BCUT2D eigenvalue weighted by Gasteiger charge is 2.22. The van der Waals surface area contributed by atoms with E-state index < -0.39 is 10.8 Å². The van der Waals surface area contributed by atoms with Crippen LogP contribution >= 0.6 is 0 Å². The molecule has 9 heteroatoms. The quantitative estimate of drug-likeness (QED) is 0.206. The van der Waals surface area contributed by atoms with Crippen LogP contribution in [-0.4, -0.2) is 30.8 Å². The number of benzene rings is 2. The lowest BCUT2D eigenvalue weighted by atomic mass is 10.2. The molecule has 2 rings (SSSR count). The topological polar surface area (TPSA) is 129 Å². The molecule has 0 radical (unpaired) electrons. The first-order valence-corrected chi connectivity index (χ1v) is 9.14. The van der Waals surface area contributed by atoms with Crippen LogP contribution in [0.3, 0.4) is 0 Å². The smallest absolute Gasteiger partial charge is 0.315 e. The van der Waals surface area contributed by atoms with Crippen molar-refractivity contribution in [1.29, 1.82) is 0 Å². The fourth-order valence-electron chi connectivity index (χ4n) is 2.51. The number of rotatable bonds is 10. The van der Waals surface area contributed by atoms with Crippen molar-refractivity contribution in [3.05, 3.63) is 57.6 Å². The maximum atomic E-state index is 12.1. The number of nitrogens with zero attached hydrogens (tertiary/aromatic N) is 2. The zero-order valence-corrected chi connectivity index (χ0v) is 16.4. The number of hydrogen-bond acceptors (Lipinski definition) is 7. The SMILES string of the molecule is CCCCCOc1c(OC)cc(/C=N\NC(=O)c2ccc(N)cc2)cc1[N+](=O)[O-]. The Labute approximate surface area is 168 Å². The summed E-state index contributed by atoms with van der Waals surface area (Å²) in [4.78, 5) is 23.0. The molecule has 0 spiro atoms. The second kappa shape index (κ2) is 10.6. The van der Waals surface area contributed by atoms with Crippen molar-refractivity contribution in [2.75, 3.05) is 19.5 Å². The van der Waals surface area contributed by atoms with Crippen molar-refractivity contribution in [2.45, 2.75) is 26.2 Å². The number of carbonyl (C=O) groups excluding carboxylic acids is 1. The van der Waals surface area contributed by atoms with E-state index in [1.54, 1.807) is 30.3 Å². The number of unbranched alkanes of at least 4 members (excludes halogenated alkanes) is 2. The number of hydrazone groups is 1. The van der Waals surface area contributed by atoms with Gasteiger partial charge in [0.25, 0.3) is 5.91 Å². The summed E-state index contributed by atoms with van der Waals surface area (Å²) in [7, 11) is 1.40. The number of nitrogen functional groups attached to an aromatic ring is 1. The molecular weight excluding hydrogens is 376 g/mol. The van der Waals surface area contributed by atoms with E-state index >= 15 is 0 Å². The molecule has 0 aliphatic rings. The Kier molecular flexibility index (Phi) is 7.96. The molecule has 0 saturated carbocycles. The van der Waals surface area contributed by atoms with E-state index in [-0.39, 0.29) is 17.2 Å². The summed E-state index contributed by atoms with van der Waals surface area (Å²) in [6.45, 7) is 2.42. The Balaban J connectivity index is 2.16. The van der Waals surface area contributed by atoms with Crippen LogP contribution in [0.2, 0.25) is 0 Å². The molecule has 0 heterocycles. The summed E-state index contributed by atoms with van der Waals surface area (Å²) in [6.07, 6.45) is 4.07. The van der Waals surface area contributed by atoms with Crippen LogP contribution in [0.1, 0.15) is 42.1 Å². The van der Waals surface area contributed by atoms with Crippen LogP contribution in [0.5, 0.6) is 11.5 Å². The first-order valence-electron chi connectivity index (χ1n) is 9.14. The first kappa shape index (κ1) is 21.7. The highest BCUT2D eigenvalue weighted by atomic mass is 16.6. The van der Waals surface area contributed by atoms with E-state index in [9.17, 15) is 14.9 Å². The molecule has 0 bridgehead atoms. The molecule has 154 valence electrons. The summed E-state index contributed by atoms with van der Waals surface area (Å²) < 4.78 is 10.8. The van der Waals surface area contributed by atoms with Gasteiger partial charge in [0.15, 0.2) is 5.75 Å². The number of carbonyl (C=O) groups is 1. The Morgan fingerprint density at radius 1 is 1.28 bits per heavy atom. The second-order valence-corrected chi connectivity index (χ2v) is 6.21. The third-order valence-corrected chi connectivity index (χ3v) is 4.02. The van der Waals surface area contributed by atoms with Gasteiger partial charge in [0.2, 0.25) is 5.75 Å². The number of nitrogens with two attached hydrogens (primary N) is 1. The van der Waals surface area contributed by atoms with Gasteiger partial charge in [-0.05, 0) is 36.8 Å². The zero-order chi connectivity index (χ0) is 21.2. The molecule has 0 aliphatic carbocycles. The average Bonchev–Trinajstić information content (AvgIpc) is 2.71. The van der Waals surface area contributed by atoms with Crippen LogP contribution in [0.15, 0.2) is 41.5 Å². The predicted octanol–water partition coefficient (Wildman–Crippen LogP) is 3.52. The molecule has 0 unspecified atom stereocenters. The third-order valence-electron chi connectivity index (χ3n) is 4.02. The Bertz CT molecular complexity index is 881. The summed E-state index contributed by atoms with van der Waals surface area (Å²) in [6, 6.07) is 9.22. The van der Waals surface area contributed by atoms with Crippen LogP contribution in [0.4, 0.5) is 11.4 Å². The number of amides is 1. The van der Waals surface area contributed by atoms with E-state index in [4.69, 9.17) is 15.2 Å². The molecule has 0 saturated heterocycles. The minimum Gasteiger partial charge on any atom is -0.493 e. The van der Waals surface area contributed by atoms with Gasteiger partial charge in [-0.15, -0.1) is 0 Å². The van der Waals surface area contributed by atoms with Crippen molar-refractivity contribution in [3.63, 3.8) is 0 Å². The third kappa shape index (κ3) is 6.20. The number of methoxy groups -OCH3 is 1. The average molecular weight is 400 g/mol. The number of nitrogens with one attached hydrogen (secondary N) is 1. The summed E-state index contributed by atoms with van der Waals surface area (Å²) in [5, 5.41) is 15.3. The van der Waals surface area contributed by atoms with Crippen LogP contribution in [-0.2, 0) is 0 Å². The van der Waals surface area contributed by atoms with Crippen LogP contribution in [0, 0.1) is 10.1 Å². The van der Waals surface area contributed by atoms with Gasteiger partial charge >= 0.3 is 5.69 Å². The van der Waals surface area contributed by atoms with Gasteiger partial charge in [0.05, 0.1) is 24.9 Å². The van der Waals surface area contributed by atoms with Gasteiger partial charge in [-0.3, -0.25) is 14.9 Å². The van der Waals surface area contributed by atoms with Crippen molar-refractivity contribution in [1.82, 2.24) is 5.43 Å². The highest BCUT2D eigenvalue weighted by molar-refractivity contribution is 5.95. The first-order chi connectivity index (χ1) is 14.0. The molecule has 9 nitrogen and oxygen atoms in total. The van der Waals surface area contributed by atoms with Gasteiger partial charge < -0.3 is 15.2 Å². The van der Waals surface area contributed by atoms with Gasteiger partial charge in [0.1, 0.15) is 0 Å². The van der Waals surface area contributed by atoms with Crippen molar-refractivity contribution in [3.8, 4) is 11.5 Å². The van der Waals surface area contributed by atoms with Crippen molar-refractivity contribution < 1.29 is 19.2 Å². The number of hydrogen-bond donors (Lipinski definition) is 2. The minimum atomic E-state index is -0.540. The molecular formula is C20H24N4O5. The fourth-order valence-corrected chi connectivity index (χ4v) is 2.51. The minimum absolute atomic E-state index is 0.0802. The Hall–Kier alpha value is -3.62. The van der Waals surface area contributed by atoms with Crippen molar-refractivity contribution >= 4 is 23.5 Å². The maximum Gasteiger partial charge on any atom is 0.315 e. The lowest BCUT2D eigenvalue weighted by molar-refractivity contribution is -0.386. The Morgan fingerprint density at radius 3 is 2.62 bits per heavy atom. The standard InChI is InChI=1S/C20H24N4O5/c1-3-4-5-10-29-19-17(24(26)27)11-14(12-18(19)28-2)13-22-23-20(25)15-6-8-16(21)9-7-15/h6-9,11-13H,3-5,10,21H2,1-2H3,(H,23,25)/b22-13-.